The van der Waals surface area contributed by atoms with Crippen LogP contribution in [0.4, 0.5) is 0 Å². The molecule has 0 unspecified atom stereocenters. The van der Waals surface area contributed by atoms with E-state index >= 15 is 0 Å². The molecular weight excluding hydrogens is 290 g/mol. The molecule has 0 heterocycles. The average Bonchev–Trinajstić information content (AvgIpc) is 2.51. The van der Waals surface area contributed by atoms with Crippen molar-refractivity contribution in [1.82, 2.24) is 5.32 Å². The monoisotopic (exact) mass is 313 g/mol. The third-order valence-electron chi connectivity index (χ3n) is 3.67. The summed E-state index contributed by atoms with van der Waals surface area (Å²) in [6.45, 7) is 6.23. The number of nitrogens with one attached hydrogen (secondary N) is 1. The standard InChI is InChI=1S/C19H23NOS/c1-14-9-10-15(2)18(11-14)12-22-13-19(21)20-16(3)17-7-5-4-6-8-17/h4-11,16H,12-13H2,1-3H3,(H,20,21)/t16-/m0/s1. The van der Waals surface area contributed by atoms with Crippen molar-refractivity contribution in [1.29, 1.82) is 0 Å². The van der Waals surface area contributed by atoms with Gasteiger partial charge in [0.2, 0.25) is 5.91 Å². The van der Waals surface area contributed by atoms with Crippen LogP contribution in [0.3, 0.4) is 0 Å². The van der Waals surface area contributed by atoms with Gasteiger partial charge in [-0.05, 0) is 37.5 Å². The molecule has 0 saturated heterocycles. The van der Waals surface area contributed by atoms with Crippen molar-refractivity contribution in [3.8, 4) is 0 Å². The molecule has 1 N–H and O–H groups in total. The van der Waals surface area contributed by atoms with E-state index in [2.05, 4.69) is 37.4 Å². The second kappa shape index (κ2) is 8.04. The molecule has 116 valence electrons. The zero-order chi connectivity index (χ0) is 15.9. The number of aryl methyl sites for hydroxylation is 2. The van der Waals surface area contributed by atoms with E-state index in [1.54, 1.807) is 11.8 Å². The van der Waals surface area contributed by atoms with Crippen LogP contribution < -0.4 is 5.32 Å². The maximum absolute atomic E-state index is 12.0. The summed E-state index contributed by atoms with van der Waals surface area (Å²) < 4.78 is 0. The molecule has 0 aromatic heterocycles. The third-order valence-corrected chi connectivity index (χ3v) is 4.65. The van der Waals surface area contributed by atoms with E-state index in [4.69, 9.17) is 0 Å². The van der Waals surface area contributed by atoms with Gasteiger partial charge in [0.25, 0.3) is 0 Å². The van der Waals surface area contributed by atoms with Crippen LogP contribution in [-0.4, -0.2) is 11.7 Å². The minimum absolute atomic E-state index is 0.0509. The maximum atomic E-state index is 12.0. The first kappa shape index (κ1) is 16.6. The van der Waals surface area contributed by atoms with E-state index in [9.17, 15) is 4.79 Å². The molecule has 2 aromatic carbocycles. The normalized spacial score (nSPS) is 12.0. The van der Waals surface area contributed by atoms with E-state index in [0.717, 1.165) is 11.3 Å². The van der Waals surface area contributed by atoms with Gasteiger partial charge >= 0.3 is 0 Å². The lowest BCUT2D eigenvalue weighted by atomic mass is 10.1. The van der Waals surface area contributed by atoms with Crippen LogP contribution in [-0.2, 0) is 10.5 Å². The molecule has 2 nitrogen and oxygen atoms in total. The first-order valence-corrected chi connectivity index (χ1v) is 8.70. The molecule has 2 aromatic rings. The second-order valence-electron chi connectivity index (χ2n) is 5.62. The van der Waals surface area contributed by atoms with E-state index < -0.39 is 0 Å². The van der Waals surface area contributed by atoms with Crippen molar-refractivity contribution in [3.05, 3.63) is 70.8 Å². The minimum Gasteiger partial charge on any atom is -0.349 e. The number of thioether (sulfide) groups is 1. The van der Waals surface area contributed by atoms with Crippen LogP contribution in [0.5, 0.6) is 0 Å². The molecule has 0 aliphatic heterocycles. The van der Waals surface area contributed by atoms with Crippen molar-refractivity contribution >= 4 is 17.7 Å². The van der Waals surface area contributed by atoms with E-state index in [0.29, 0.717) is 5.75 Å². The third kappa shape index (κ3) is 4.92. The lowest BCUT2D eigenvalue weighted by molar-refractivity contribution is -0.119. The summed E-state index contributed by atoms with van der Waals surface area (Å²) in [5, 5.41) is 3.05. The highest BCUT2D eigenvalue weighted by atomic mass is 32.2. The molecule has 1 atom stereocenters. The summed E-state index contributed by atoms with van der Waals surface area (Å²) >= 11 is 1.66. The van der Waals surface area contributed by atoms with Crippen LogP contribution >= 0.6 is 11.8 Å². The van der Waals surface area contributed by atoms with Crippen LogP contribution in [0, 0.1) is 13.8 Å². The molecule has 0 fully saturated rings. The van der Waals surface area contributed by atoms with E-state index in [1.807, 2.05) is 37.3 Å². The molecule has 0 aliphatic carbocycles. The number of rotatable bonds is 6. The van der Waals surface area contributed by atoms with Gasteiger partial charge in [-0.1, -0.05) is 54.1 Å². The van der Waals surface area contributed by atoms with Gasteiger partial charge in [-0.3, -0.25) is 4.79 Å². The number of carbonyl (C=O) groups excluding carboxylic acids is 1. The number of carbonyl (C=O) groups is 1. The highest BCUT2D eigenvalue weighted by molar-refractivity contribution is 7.99. The summed E-state index contributed by atoms with van der Waals surface area (Å²) in [6.07, 6.45) is 0. The number of hydrogen-bond acceptors (Lipinski definition) is 2. The Morgan fingerprint density at radius 3 is 2.59 bits per heavy atom. The van der Waals surface area contributed by atoms with Crippen molar-refractivity contribution < 1.29 is 4.79 Å². The molecule has 0 aliphatic rings. The number of hydrogen-bond donors (Lipinski definition) is 1. The first-order chi connectivity index (χ1) is 10.6. The van der Waals surface area contributed by atoms with Gasteiger partial charge < -0.3 is 5.32 Å². The Bertz CT molecular complexity index is 625. The van der Waals surface area contributed by atoms with Gasteiger partial charge in [0.05, 0.1) is 11.8 Å². The Kier molecular flexibility index (Phi) is 6.08. The molecular formula is C19H23NOS. The minimum atomic E-state index is 0.0509. The fourth-order valence-electron chi connectivity index (χ4n) is 2.32. The second-order valence-corrected chi connectivity index (χ2v) is 6.61. The zero-order valence-corrected chi connectivity index (χ0v) is 14.2. The Balaban J connectivity index is 1.79. The quantitative estimate of drug-likeness (QED) is 0.855. The Morgan fingerprint density at radius 1 is 1.14 bits per heavy atom. The molecule has 0 saturated carbocycles. The molecule has 0 bridgehead atoms. The lowest BCUT2D eigenvalue weighted by Crippen LogP contribution is -2.28. The molecule has 0 spiro atoms. The highest BCUT2D eigenvalue weighted by Crippen LogP contribution is 2.18. The molecule has 22 heavy (non-hydrogen) atoms. The summed E-state index contributed by atoms with van der Waals surface area (Å²) in [5.74, 6) is 1.46. The van der Waals surface area contributed by atoms with Crippen molar-refractivity contribution in [2.75, 3.05) is 5.75 Å². The summed E-state index contributed by atoms with van der Waals surface area (Å²) in [7, 11) is 0. The van der Waals surface area contributed by atoms with Crippen LogP contribution in [0.2, 0.25) is 0 Å². The Hall–Kier alpha value is -1.74. The smallest absolute Gasteiger partial charge is 0.230 e. The van der Waals surface area contributed by atoms with Crippen molar-refractivity contribution in [2.24, 2.45) is 0 Å². The highest BCUT2D eigenvalue weighted by Gasteiger charge is 2.09. The summed E-state index contributed by atoms with van der Waals surface area (Å²) in [4.78, 5) is 12.0. The topological polar surface area (TPSA) is 29.1 Å². The predicted molar refractivity (Wildman–Crippen MR) is 95.1 cm³/mol. The molecule has 3 heteroatoms. The van der Waals surface area contributed by atoms with Crippen molar-refractivity contribution in [3.63, 3.8) is 0 Å². The first-order valence-electron chi connectivity index (χ1n) is 7.54. The van der Waals surface area contributed by atoms with Crippen LogP contribution in [0.25, 0.3) is 0 Å². The SMILES string of the molecule is Cc1ccc(C)c(CSCC(=O)N[C@@H](C)c2ccccc2)c1. The average molecular weight is 313 g/mol. The zero-order valence-electron chi connectivity index (χ0n) is 13.4. The van der Waals surface area contributed by atoms with Gasteiger partial charge in [-0.15, -0.1) is 11.8 Å². The van der Waals surface area contributed by atoms with E-state index in [1.165, 1.54) is 16.7 Å². The Labute approximate surface area is 137 Å². The molecule has 0 radical (unpaired) electrons. The van der Waals surface area contributed by atoms with Gasteiger partial charge in [0.15, 0.2) is 0 Å². The number of amides is 1. The van der Waals surface area contributed by atoms with Crippen LogP contribution in [0.1, 0.15) is 35.2 Å². The fourth-order valence-corrected chi connectivity index (χ4v) is 3.22. The van der Waals surface area contributed by atoms with Gasteiger partial charge in [0.1, 0.15) is 0 Å². The van der Waals surface area contributed by atoms with Crippen LogP contribution in [0.15, 0.2) is 48.5 Å². The summed E-state index contributed by atoms with van der Waals surface area (Å²) in [5.41, 5.74) is 5.00. The molecule has 1 amide bonds. The van der Waals surface area contributed by atoms with Gasteiger partial charge in [-0.2, -0.15) is 0 Å². The lowest BCUT2D eigenvalue weighted by Gasteiger charge is -2.14. The molecule has 2 rings (SSSR count). The van der Waals surface area contributed by atoms with E-state index in [-0.39, 0.29) is 11.9 Å². The Morgan fingerprint density at radius 2 is 1.86 bits per heavy atom. The fraction of sp³-hybridized carbons (Fsp3) is 0.316. The number of benzene rings is 2. The summed E-state index contributed by atoms with van der Waals surface area (Å²) in [6, 6.07) is 16.6. The maximum Gasteiger partial charge on any atom is 0.230 e. The van der Waals surface area contributed by atoms with Gasteiger partial charge in [-0.25, -0.2) is 0 Å². The van der Waals surface area contributed by atoms with Gasteiger partial charge in [0, 0.05) is 5.75 Å². The van der Waals surface area contributed by atoms with Crippen molar-refractivity contribution in [2.45, 2.75) is 32.6 Å². The predicted octanol–water partition coefficient (Wildman–Crippen LogP) is 4.41. The largest absolute Gasteiger partial charge is 0.349 e.